The van der Waals surface area contributed by atoms with Gasteiger partial charge in [0.05, 0.1) is 10.7 Å². The van der Waals surface area contributed by atoms with Gasteiger partial charge >= 0.3 is 0 Å². The van der Waals surface area contributed by atoms with Crippen molar-refractivity contribution in [2.24, 2.45) is 5.73 Å². The van der Waals surface area contributed by atoms with Gasteiger partial charge in [-0.2, -0.15) is 0 Å². The highest BCUT2D eigenvalue weighted by Crippen LogP contribution is 2.01. The molecule has 48 valence electrons. The average Bonchev–Trinajstić information content (AvgIpc) is 1.88. The first kappa shape index (κ1) is 6.58. The summed E-state index contributed by atoms with van der Waals surface area (Å²) < 4.78 is 0. The fourth-order valence-corrected chi connectivity index (χ4v) is 0.795. The van der Waals surface area contributed by atoms with Crippen LogP contribution in [-0.4, -0.2) is 4.98 Å². The number of hydrogen-bond donors (Lipinski definition) is 2. The molecule has 0 saturated heterocycles. The molecule has 1 aromatic rings. The molecule has 2 N–H and O–H groups in total. The van der Waals surface area contributed by atoms with E-state index >= 15 is 0 Å². The van der Waals surface area contributed by atoms with Crippen molar-refractivity contribution in [1.29, 1.82) is 0 Å². The average molecular weight is 140 g/mol. The lowest BCUT2D eigenvalue weighted by molar-refractivity contribution is 0.944. The largest absolute Gasteiger partial charge is 0.325 e. The Morgan fingerprint density at radius 1 is 1.56 bits per heavy atom. The van der Waals surface area contributed by atoms with E-state index < -0.39 is 0 Å². The van der Waals surface area contributed by atoms with Crippen LogP contribution in [0.4, 0.5) is 0 Å². The summed E-state index contributed by atoms with van der Waals surface area (Å²) in [6.45, 7) is 0.481. The van der Waals surface area contributed by atoms with E-state index in [0.29, 0.717) is 6.54 Å². The molecule has 1 aromatic heterocycles. The molecule has 0 unspecified atom stereocenters. The monoisotopic (exact) mass is 140 g/mol. The lowest BCUT2D eigenvalue weighted by Gasteiger charge is -1.93. The zero-order valence-corrected chi connectivity index (χ0v) is 5.81. The van der Waals surface area contributed by atoms with Gasteiger partial charge in [0.25, 0.3) is 0 Å². The van der Waals surface area contributed by atoms with Crippen LogP contribution in [0, 0.1) is 0 Å². The van der Waals surface area contributed by atoms with Crippen LogP contribution in [0.15, 0.2) is 23.2 Å². The standard InChI is InChI=1S/C6H8N2S/c7-4-5-2-1-3-6(9)8-5/h1-3H,4,7H2,(H,8,9). The van der Waals surface area contributed by atoms with Crippen LogP contribution < -0.4 is 5.73 Å². The predicted molar refractivity (Wildman–Crippen MR) is 39.4 cm³/mol. The van der Waals surface area contributed by atoms with Crippen LogP contribution >= 0.6 is 12.6 Å². The topological polar surface area (TPSA) is 38.9 Å². The molecule has 9 heavy (non-hydrogen) atoms. The smallest absolute Gasteiger partial charge is 0.0933 e. The summed E-state index contributed by atoms with van der Waals surface area (Å²) in [5, 5.41) is 0.720. The molecule has 0 aromatic carbocycles. The first-order chi connectivity index (χ1) is 4.33. The quantitative estimate of drug-likeness (QED) is 0.567. The lowest BCUT2D eigenvalue weighted by Crippen LogP contribution is -1.98. The van der Waals surface area contributed by atoms with Gasteiger partial charge in [-0.05, 0) is 12.1 Å². The Labute approximate surface area is 59.5 Å². The molecule has 1 heterocycles. The number of pyridine rings is 1. The molecule has 2 nitrogen and oxygen atoms in total. The van der Waals surface area contributed by atoms with Gasteiger partial charge < -0.3 is 5.73 Å². The molecule has 3 heteroatoms. The van der Waals surface area contributed by atoms with Crippen LogP contribution in [0.2, 0.25) is 0 Å². The number of nitrogens with two attached hydrogens (primary N) is 1. The minimum absolute atomic E-state index is 0.481. The Morgan fingerprint density at radius 2 is 2.33 bits per heavy atom. The second-order valence-corrected chi connectivity index (χ2v) is 2.15. The molecule has 0 spiro atoms. The lowest BCUT2D eigenvalue weighted by atomic mass is 10.4. The van der Waals surface area contributed by atoms with Gasteiger partial charge in [-0.1, -0.05) is 6.07 Å². The van der Waals surface area contributed by atoms with Crippen molar-refractivity contribution < 1.29 is 0 Å². The molecule has 0 aliphatic carbocycles. The Bertz CT molecular complexity index is 200. The van der Waals surface area contributed by atoms with Crippen LogP contribution in [0.5, 0.6) is 0 Å². The van der Waals surface area contributed by atoms with Crippen LogP contribution in [0.25, 0.3) is 0 Å². The van der Waals surface area contributed by atoms with E-state index in [9.17, 15) is 0 Å². The predicted octanol–water partition coefficient (Wildman–Crippen LogP) is 0.829. The maximum atomic E-state index is 5.32. The van der Waals surface area contributed by atoms with E-state index in [4.69, 9.17) is 5.73 Å². The van der Waals surface area contributed by atoms with E-state index in [1.807, 2.05) is 18.2 Å². The molecule has 0 amide bonds. The summed E-state index contributed by atoms with van der Waals surface area (Å²) in [6.07, 6.45) is 0. The van der Waals surface area contributed by atoms with Crippen LogP contribution in [-0.2, 0) is 6.54 Å². The summed E-state index contributed by atoms with van der Waals surface area (Å²) in [4.78, 5) is 4.03. The van der Waals surface area contributed by atoms with Gasteiger partial charge in [0.2, 0.25) is 0 Å². The normalized spacial score (nSPS) is 9.56. The summed E-state index contributed by atoms with van der Waals surface area (Å²) in [5.74, 6) is 0. The number of aromatic nitrogens is 1. The maximum Gasteiger partial charge on any atom is 0.0933 e. The second kappa shape index (κ2) is 2.85. The van der Waals surface area contributed by atoms with Gasteiger partial charge in [0.15, 0.2) is 0 Å². The number of hydrogen-bond acceptors (Lipinski definition) is 3. The van der Waals surface area contributed by atoms with Crippen molar-refractivity contribution >= 4 is 12.6 Å². The van der Waals surface area contributed by atoms with E-state index in [-0.39, 0.29) is 0 Å². The molecule has 0 fully saturated rings. The molecule has 0 aliphatic heterocycles. The highest BCUT2D eigenvalue weighted by Gasteiger charge is 1.88. The van der Waals surface area contributed by atoms with Crippen molar-refractivity contribution in [1.82, 2.24) is 4.98 Å². The summed E-state index contributed by atoms with van der Waals surface area (Å²) in [7, 11) is 0. The van der Waals surface area contributed by atoms with E-state index in [1.54, 1.807) is 0 Å². The number of rotatable bonds is 1. The third kappa shape index (κ3) is 1.69. The minimum Gasteiger partial charge on any atom is -0.325 e. The molecule has 0 aliphatic rings. The third-order valence-electron chi connectivity index (χ3n) is 1.00. The Balaban J connectivity index is 2.94. The molecular formula is C6H8N2S. The highest BCUT2D eigenvalue weighted by atomic mass is 32.1. The molecule has 1 rings (SSSR count). The molecule has 0 atom stereocenters. The summed E-state index contributed by atoms with van der Waals surface area (Å²) in [5.41, 5.74) is 6.20. The Hall–Kier alpha value is -0.540. The van der Waals surface area contributed by atoms with Gasteiger partial charge in [-0.3, -0.25) is 0 Å². The maximum absolute atomic E-state index is 5.32. The van der Waals surface area contributed by atoms with Crippen molar-refractivity contribution in [3.8, 4) is 0 Å². The number of thiol groups is 1. The fraction of sp³-hybridized carbons (Fsp3) is 0.167. The van der Waals surface area contributed by atoms with Crippen molar-refractivity contribution in [2.45, 2.75) is 11.6 Å². The van der Waals surface area contributed by atoms with Crippen LogP contribution in [0.1, 0.15) is 5.69 Å². The zero-order chi connectivity index (χ0) is 6.69. The SMILES string of the molecule is NCc1cccc(S)n1. The van der Waals surface area contributed by atoms with Crippen molar-refractivity contribution in [2.75, 3.05) is 0 Å². The molecule has 0 bridgehead atoms. The molecular weight excluding hydrogens is 132 g/mol. The van der Waals surface area contributed by atoms with Crippen molar-refractivity contribution in [3.05, 3.63) is 23.9 Å². The van der Waals surface area contributed by atoms with E-state index in [1.165, 1.54) is 0 Å². The third-order valence-corrected chi connectivity index (χ3v) is 1.25. The fourth-order valence-electron chi connectivity index (χ4n) is 0.581. The van der Waals surface area contributed by atoms with Gasteiger partial charge in [0, 0.05) is 6.54 Å². The van der Waals surface area contributed by atoms with Gasteiger partial charge in [0.1, 0.15) is 0 Å². The Kier molecular flexibility index (Phi) is 2.08. The molecule has 0 radical (unpaired) electrons. The summed E-state index contributed by atoms with van der Waals surface area (Å²) >= 11 is 4.04. The van der Waals surface area contributed by atoms with Crippen LogP contribution in [0.3, 0.4) is 0 Å². The first-order valence-corrected chi connectivity index (χ1v) is 3.12. The van der Waals surface area contributed by atoms with Crippen molar-refractivity contribution in [3.63, 3.8) is 0 Å². The van der Waals surface area contributed by atoms with Gasteiger partial charge in [-0.15, -0.1) is 12.6 Å². The Morgan fingerprint density at radius 3 is 2.78 bits per heavy atom. The highest BCUT2D eigenvalue weighted by molar-refractivity contribution is 7.80. The first-order valence-electron chi connectivity index (χ1n) is 2.68. The second-order valence-electron chi connectivity index (χ2n) is 1.69. The van der Waals surface area contributed by atoms with Gasteiger partial charge in [-0.25, -0.2) is 4.98 Å². The molecule has 0 saturated carbocycles. The van der Waals surface area contributed by atoms with E-state index in [0.717, 1.165) is 10.7 Å². The van der Waals surface area contributed by atoms with E-state index in [2.05, 4.69) is 17.6 Å². The number of nitrogens with zero attached hydrogens (tertiary/aromatic N) is 1. The zero-order valence-electron chi connectivity index (χ0n) is 4.91. The minimum atomic E-state index is 0.481. The summed E-state index contributed by atoms with van der Waals surface area (Å²) in [6, 6.07) is 5.58.